The predicted octanol–water partition coefficient (Wildman–Crippen LogP) is 4.75. The molecule has 0 radical (unpaired) electrons. The molecule has 4 N–H and O–H groups in total. The minimum absolute atomic E-state index is 0.0137. The number of carbonyl (C=O) groups is 2. The molecular weight excluding hydrogens is 656 g/mol. The monoisotopic (exact) mass is 696 g/mol. The molecule has 266 valence electrons. The Morgan fingerprint density at radius 2 is 1.86 bits per heavy atom. The smallest absolute Gasteiger partial charge is 0.387 e. The SMILES string of the molecule is CCc1cc(Nc2nccn3c(-c4ccc(OC(F)F)c(F)c4F)cnc23)ccc1C(=O)N[C@H](C)CNC(=O)C1CCN(CC2CNC2)CC1. The molecule has 50 heavy (non-hydrogen) atoms. The minimum Gasteiger partial charge on any atom is -0.432 e. The van der Waals surface area contributed by atoms with Crippen molar-refractivity contribution >= 4 is 29.0 Å². The van der Waals surface area contributed by atoms with E-state index in [-0.39, 0.29) is 35.0 Å². The van der Waals surface area contributed by atoms with Crippen molar-refractivity contribution in [1.29, 1.82) is 0 Å². The highest BCUT2D eigenvalue weighted by Gasteiger charge is 2.28. The molecule has 2 aromatic heterocycles. The van der Waals surface area contributed by atoms with Gasteiger partial charge in [-0.25, -0.2) is 14.4 Å². The molecule has 1 atom stereocenters. The first-order valence-electron chi connectivity index (χ1n) is 16.8. The van der Waals surface area contributed by atoms with E-state index in [2.05, 4.69) is 40.9 Å². The number of amides is 2. The van der Waals surface area contributed by atoms with Crippen molar-refractivity contribution in [2.45, 2.75) is 45.8 Å². The van der Waals surface area contributed by atoms with E-state index in [4.69, 9.17) is 0 Å². The van der Waals surface area contributed by atoms with E-state index < -0.39 is 24.0 Å². The fourth-order valence-corrected chi connectivity index (χ4v) is 6.42. The van der Waals surface area contributed by atoms with E-state index in [1.165, 1.54) is 23.0 Å². The number of aryl methyl sites for hydroxylation is 1. The van der Waals surface area contributed by atoms with Crippen molar-refractivity contribution in [1.82, 2.24) is 35.2 Å². The van der Waals surface area contributed by atoms with Crippen molar-refractivity contribution in [3.63, 3.8) is 0 Å². The highest BCUT2D eigenvalue weighted by atomic mass is 19.3. The number of rotatable bonds is 13. The summed E-state index contributed by atoms with van der Waals surface area (Å²) >= 11 is 0. The predicted molar refractivity (Wildman–Crippen MR) is 180 cm³/mol. The quantitative estimate of drug-likeness (QED) is 0.148. The van der Waals surface area contributed by atoms with Crippen LogP contribution in [0, 0.1) is 23.5 Å². The standard InChI is InChI=1S/C35H40F4N8O3/c1-3-22-14-24(45-31-32-42-18-27(47(32)13-10-41-31)26-6-7-28(50-35(38)39)30(37)29(26)36)4-5-25(22)34(49)44-20(2)15-43-33(48)23-8-11-46(12-9-23)19-21-16-40-17-21/h4-7,10,13-14,18,20-21,23,35,40H,3,8-9,11-12,15-17,19H2,1-2H3,(H,41,45)(H,43,48)(H,44,49)/t20-/m1/s1. The highest BCUT2D eigenvalue weighted by molar-refractivity contribution is 5.96. The van der Waals surface area contributed by atoms with Crippen LogP contribution in [0.5, 0.6) is 5.75 Å². The van der Waals surface area contributed by atoms with Gasteiger partial charge in [-0.3, -0.25) is 14.0 Å². The summed E-state index contributed by atoms with van der Waals surface area (Å²) in [4.78, 5) is 37.2. The Morgan fingerprint density at radius 3 is 2.56 bits per heavy atom. The number of carbonyl (C=O) groups excluding carboxylic acids is 2. The summed E-state index contributed by atoms with van der Waals surface area (Å²) in [6, 6.07) is 7.02. The molecule has 15 heteroatoms. The zero-order valence-electron chi connectivity index (χ0n) is 27.8. The van der Waals surface area contributed by atoms with Crippen LogP contribution in [-0.4, -0.2) is 83.0 Å². The molecule has 0 spiro atoms. The van der Waals surface area contributed by atoms with E-state index >= 15 is 0 Å². The number of nitrogens with zero attached hydrogens (tertiary/aromatic N) is 4. The van der Waals surface area contributed by atoms with Crippen molar-refractivity contribution in [2.75, 3.05) is 44.6 Å². The lowest BCUT2D eigenvalue weighted by Crippen LogP contribution is -2.50. The second-order valence-electron chi connectivity index (χ2n) is 12.8. The van der Waals surface area contributed by atoms with Gasteiger partial charge in [-0.1, -0.05) is 6.92 Å². The normalized spacial score (nSPS) is 16.3. The first-order chi connectivity index (χ1) is 24.1. The van der Waals surface area contributed by atoms with Gasteiger partial charge in [0.1, 0.15) is 0 Å². The number of alkyl halides is 2. The molecule has 2 amide bonds. The van der Waals surface area contributed by atoms with Crippen LogP contribution >= 0.6 is 0 Å². The van der Waals surface area contributed by atoms with Gasteiger partial charge in [-0.15, -0.1) is 0 Å². The van der Waals surface area contributed by atoms with Gasteiger partial charge in [-0.2, -0.15) is 13.2 Å². The summed E-state index contributed by atoms with van der Waals surface area (Å²) < 4.78 is 60.0. The Hall–Kier alpha value is -4.76. The molecule has 4 aromatic rings. The van der Waals surface area contributed by atoms with Crippen molar-refractivity contribution in [2.24, 2.45) is 11.8 Å². The number of benzene rings is 2. The summed E-state index contributed by atoms with van der Waals surface area (Å²) in [5.41, 5.74) is 2.14. The molecule has 2 aromatic carbocycles. The molecule has 6 rings (SSSR count). The molecule has 11 nitrogen and oxygen atoms in total. The Morgan fingerprint density at radius 1 is 1.08 bits per heavy atom. The van der Waals surface area contributed by atoms with Gasteiger partial charge in [0.2, 0.25) is 11.7 Å². The summed E-state index contributed by atoms with van der Waals surface area (Å²) in [6.45, 7) is 5.91. The third-order valence-electron chi connectivity index (χ3n) is 9.26. The minimum atomic E-state index is -3.30. The third kappa shape index (κ3) is 7.83. The molecule has 0 bridgehead atoms. The Kier molecular flexibility index (Phi) is 10.8. The number of likely N-dealkylation sites (tertiary alicyclic amines) is 1. The van der Waals surface area contributed by atoms with Crippen LogP contribution in [0.2, 0.25) is 0 Å². The maximum absolute atomic E-state index is 14.9. The summed E-state index contributed by atoms with van der Waals surface area (Å²) in [7, 11) is 0. The summed E-state index contributed by atoms with van der Waals surface area (Å²) in [6.07, 6.45) is 6.51. The molecule has 2 saturated heterocycles. The molecule has 2 fully saturated rings. The number of hydrogen-bond acceptors (Lipinski definition) is 8. The molecule has 0 aliphatic carbocycles. The fourth-order valence-electron chi connectivity index (χ4n) is 6.42. The van der Waals surface area contributed by atoms with Crippen LogP contribution in [-0.2, 0) is 11.2 Å². The number of fused-ring (bicyclic) bond motifs is 1. The second-order valence-corrected chi connectivity index (χ2v) is 12.8. The van der Waals surface area contributed by atoms with E-state index in [1.807, 2.05) is 19.9 Å². The number of halogens is 4. The van der Waals surface area contributed by atoms with Crippen LogP contribution in [0.4, 0.5) is 29.1 Å². The van der Waals surface area contributed by atoms with Gasteiger partial charge in [0.15, 0.2) is 23.0 Å². The highest BCUT2D eigenvalue weighted by Crippen LogP contribution is 2.32. The Balaban J connectivity index is 1.06. The lowest BCUT2D eigenvalue weighted by Gasteiger charge is -2.37. The number of hydrogen-bond donors (Lipinski definition) is 4. The summed E-state index contributed by atoms with van der Waals surface area (Å²) in [5, 5.41) is 12.5. The number of imidazole rings is 1. The van der Waals surface area contributed by atoms with E-state index in [9.17, 15) is 27.2 Å². The number of nitrogens with one attached hydrogen (secondary N) is 4. The Labute approximate surface area is 286 Å². The van der Waals surface area contributed by atoms with Gasteiger partial charge >= 0.3 is 6.61 Å². The molecule has 0 saturated carbocycles. The molecule has 4 heterocycles. The first kappa shape index (κ1) is 35.1. The van der Waals surface area contributed by atoms with Gasteiger partial charge in [0.25, 0.3) is 5.91 Å². The van der Waals surface area contributed by atoms with Crippen molar-refractivity contribution in [3.05, 3.63) is 71.7 Å². The maximum Gasteiger partial charge on any atom is 0.387 e. The maximum atomic E-state index is 14.9. The fraction of sp³-hybridized carbons (Fsp3) is 0.429. The van der Waals surface area contributed by atoms with Crippen LogP contribution < -0.4 is 26.0 Å². The number of anilines is 2. The van der Waals surface area contributed by atoms with Gasteiger partial charge in [-0.05, 0) is 81.1 Å². The molecule has 0 unspecified atom stereocenters. The van der Waals surface area contributed by atoms with Crippen molar-refractivity contribution < 1.29 is 31.9 Å². The van der Waals surface area contributed by atoms with Gasteiger partial charge < -0.3 is 30.9 Å². The van der Waals surface area contributed by atoms with Crippen LogP contribution in [0.15, 0.2) is 48.9 Å². The summed E-state index contributed by atoms with van der Waals surface area (Å²) in [5.74, 6) is -3.01. The lowest BCUT2D eigenvalue weighted by atomic mass is 9.94. The number of aromatic nitrogens is 3. The largest absolute Gasteiger partial charge is 0.432 e. The first-order valence-corrected chi connectivity index (χ1v) is 16.8. The molecule has 2 aliphatic rings. The van der Waals surface area contributed by atoms with Gasteiger partial charge in [0.05, 0.1) is 11.9 Å². The van der Waals surface area contributed by atoms with Crippen LogP contribution in [0.1, 0.15) is 42.6 Å². The number of ether oxygens (including phenoxy) is 1. The topological polar surface area (TPSA) is 125 Å². The zero-order valence-corrected chi connectivity index (χ0v) is 27.8. The van der Waals surface area contributed by atoms with E-state index in [1.54, 1.807) is 12.1 Å². The zero-order chi connectivity index (χ0) is 35.4. The van der Waals surface area contributed by atoms with Crippen LogP contribution in [0.3, 0.4) is 0 Å². The van der Waals surface area contributed by atoms with E-state index in [0.29, 0.717) is 35.7 Å². The van der Waals surface area contributed by atoms with Crippen LogP contribution in [0.25, 0.3) is 16.9 Å². The molecule has 2 aliphatic heterocycles. The Bertz CT molecular complexity index is 1840. The second kappa shape index (κ2) is 15.4. The van der Waals surface area contributed by atoms with Gasteiger partial charge in [0, 0.05) is 67.3 Å². The average molecular weight is 697 g/mol. The third-order valence-corrected chi connectivity index (χ3v) is 9.26. The molecular formula is C35H40F4N8O3. The lowest BCUT2D eigenvalue weighted by molar-refractivity contribution is -0.126. The van der Waals surface area contributed by atoms with E-state index in [0.717, 1.165) is 69.2 Å². The average Bonchev–Trinajstić information content (AvgIpc) is 3.52. The van der Waals surface area contributed by atoms with Crippen molar-refractivity contribution in [3.8, 4) is 17.0 Å². The number of piperidine rings is 1.